The van der Waals surface area contributed by atoms with Gasteiger partial charge in [0.2, 0.25) is 5.91 Å². The number of carbonyl (C=O) groups is 1. The number of hydrogen-bond donors (Lipinski definition) is 1. The van der Waals surface area contributed by atoms with Gasteiger partial charge in [0.25, 0.3) is 0 Å². The number of primary amides is 1. The first-order valence-corrected chi connectivity index (χ1v) is 13.3. The summed E-state index contributed by atoms with van der Waals surface area (Å²) in [6.07, 6.45) is 13.0. The van der Waals surface area contributed by atoms with Crippen LogP contribution in [0.25, 0.3) is 0 Å². The normalized spacial score (nSPS) is 44.2. The molecule has 4 fully saturated rings. The number of nitrogens with two attached hydrogens (primary N) is 1. The van der Waals surface area contributed by atoms with Crippen molar-refractivity contribution >= 4 is 5.91 Å². The summed E-state index contributed by atoms with van der Waals surface area (Å²) < 4.78 is 14.7. The maximum Gasteiger partial charge on any atom is 0.217 e. The van der Waals surface area contributed by atoms with Gasteiger partial charge in [-0.25, -0.2) is 4.39 Å². The molecule has 0 bridgehead atoms. The Bertz CT molecular complexity index is 551. The average Bonchev–Trinajstić information content (AvgIpc) is 3.07. The van der Waals surface area contributed by atoms with Crippen molar-refractivity contribution in [3.05, 3.63) is 0 Å². The zero-order valence-electron chi connectivity index (χ0n) is 20.8. The van der Waals surface area contributed by atoms with E-state index < -0.39 is 6.17 Å². The van der Waals surface area contributed by atoms with Crippen LogP contribution in [0.4, 0.5) is 4.39 Å². The van der Waals surface area contributed by atoms with E-state index in [0.29, 0.717) is 17.8 Å². The highest BCUT2D eigenvalue weighted by atomic mass is 19.1. The van der Waals surface area contributed by atoms with Gasteiger partial charge in [-0.3, -0.25) is 4.79 Å². The third kappa shape index (κ3) is 4.60. The summed E-state index contributed by atoms with van der Waals surface area (Å²) in [4.78, 5) is 11.1. The molecule has 2 nitrogen and oxygen atoms in total. The molecule has 4 rings (SSSR count). The summed E-state index contributed by atoms with van der Waals surface area (Å²) in [5.74, 6) is 3.34. The summed E-state index contributed by atoms with van der Waals surface area (Å²) in [5, 5.41) is 0. The number of halogens is 1. The van der Waals surface area contributed by atoms with E-state index in [1.54, 1.807) is 0 Å². The van der Waals surface area contributed by atoms with E-state index in [1.807, 2.05) is 27.7 Å². The number of amides is 1. The predicted octanol–water partition coefficient (Wildman–Crippen LogP) is 7.69. The number of alkyl halides is 1. The van der Waals surface area contributed by atoms with Crippen molar-refractivity contribution in [2.45, 2.75) is 125 Å². The van der Waals surface area contributed by atoms with Gasteiger partial charge in [0.1, 0.15) is 6.17 Å². The Labute approximate surface area is 186 Å². The Balaban J connectivity index is 0.000000757. The van der Waals surface area contributed by atoms with Gasteiger partial charge in [0.15, 0.2) is 0 Å². The second kappa shape index (κ2) is 10.8. The molecule has 0 heterocycles. The van der Waals surface area contributed by atoms with Crippen LogP contribution in [0.2, 0.25) is 0 Å². The van der Waals surface area contributed by atoms with Crippen molar-refractivity contribution in [3.8, 4) is 0 Å². The van der Waals surface area contributed by atoms with Gasteiger partial charge in [0.05, 0.1) is 0 Å². The van der Waals surface area contributed by atoms with Gasteiger partial charge in [-0.2, -0.15) is 0 Å². The zero-order chi connectivity index (χ0) is 22.5. The lowest BCUT2D eigenvalue weighted by Gasteiger charge is -2.61. The average molecular weight is 424 g/mol. The van der Waals surface area contributed by atoms with Crippen molar-refractivity contribution in [3.63, 3.8) is 0 Å². The minimum atomic E-state index is -0.548. The Morgan fingerprint density at radius 1 is 0.867 bits per heavy atom. The molecule has 0 aromatic carbocycles. The molecule has 8 atom stereocenters. The molecule has 0 radical (unpaired) electrons. The molecule has 0 aromatic rings. The highest BCUT2D eigenvalue weighted by Gasteiger charge is 2.60. The molecule has 176 valence electrons. The van der Waals surface area contributed by atoms with Crippen LogP contribution in [-0.2, 0) is 4.79 Å². The topological polar surface area (TPSA) is 43.1 Å². The molecule has 7 unspecified atom stereocenters. The first-order chi connectivity index (χ1) is 14.4. The summed E-state index contributed by atoms with van der Waals surface area (Å²) in [7, 11) is 0. The third-order valence-electron chi connectivity index (χ3n) is 9.75. The van der Waals surface area contributed by atoms with Crippen LogP contribution < -0.4 is 5.73 Å². The third-order valence-corrected chi connectivity index (χ3v) is 9.75. The monoisotopic (exact) mass is 423 g/mol. The van der Waals surface area contributed by atoms with Crippen molar-refractivity contribution in [2.75, 3.05) is 0 Å². The number of rotatable bonds is 4. The smallest absolute Gasteiger partial charge is 0.217 e. The first-order valence-electron chi connectivity index (χ1n) is 13.3. The van der Waals surface area contributed by atoms with E-state index >= 15 is 0 Å². The van der Waals surface area contributed by atoms with E-state index in [-0.39, 0.29) is 11.3 Å². The van der Waals surface area contributed by atoms with Gasteiger partial charge in [0, 0.05) is 6.42 Å². The molecular formula is C27H50FNO. The highest BCUT2D eigenvalue weighted by Crippen LogP contribution is 2.68. The second-order valence-electron chi connectivity index (χ2n) is 10.7. The van der Waals surface area contributed by atoms with E-state index in [4.69, 9.17) is 5.73 Å². The fraction of sp³-hybridized carbons (Fsp3) is 0.963. The minimum absolute atomic E-state index is 0.155. The highest BCUT2D eigenvalue weighted by molar-refractivity contribution is 5.73. The van der Waals surface area contributed by atoms with Gasteiger partial charge in [-0.05, 0) is 111 Å². The number of fused-ring (bicyclic) bond motifs is 5. The van der Waals surface area contributed by atoms with Gasteiger partial charge >= 0.3 is 0 Å². The van der Waals surface area contributed by atoms with Gasteiger partial charge in [-0.15, -0.1) is 0 Å². The molecule has 1 amide bonds. The molecule has 0 aliphatic heterocycles. The predicted molar refractivity (Wildman–Crippen MR) is 126 cm³/mol. The number of hydrogen-bond acceptors (Lipinski definition) is 1. The summed E-state index contributed by atoms with van der Waals surface area (Å²) in [6, 6.07) is 0. The molecule has 0 spiro atoms. The summed E-state index contributed by atoms with van der Waals surface area (Å²) in [5.41, 5.74) is 6.05. The van der Waals surface area contributed by atoms with E-state index in [9.17, 15) is 9.18 Å². The lowest BCUT2D eigenvalue weighted by atomic mass is 9.44. The largest absolute Gasteiger partial charge is 0.370 e. The molecule has 0 aromatic heterocycles. The van der Waals surface area contributed by atoms with E-state index in [1.165, 1.54) is 44.9 Å². The molecule has 4 aliphatic rings. The van der Waals surface area contributed by atoms with Crippen LogP contribution in [-0.4, -0.2) is 12.1 Å². The number of carbonyl (C=O) groups excluding carboxylic acids is 1. The lowest BCUT2D eigenvalue weighted by Crippen LogP contribution is -2.54. The molecule has 0 saturated heterocycles. The molecule has 2 N–H and O–H groups in total. The van der Waals surface area contributed by atoms with Crippen molar-refractivity contribution in [1.29, 1.82) is 0 Å². The molecule has 4 saturated carbocycles. The SMILES string of the molecule is CC.CC.CC12CCCC(F)C1CCC1C2CC[C@]2(C)C(CCCC(N)=O)CCC12. The fourth-order valence-electron chi connectivity index (χ4n) is 8.44. The van der Waals surface area contributed by atoms with Crippen molar-refractivity contribution in [1.82, 2.24) is 0 Å². The van der Waals surface area contributed by atoms with Crippen LogP contribution in [0, 0.1) is 40.4 Å². The molecule has 30 heavy (non-hydrogen) atoms. The van der Waals surface area contributed by atoms with Crippen molar-refractivity contribution < 1.29 is 9.18 Å². The Morgan fingerprint density at radius 3 is 2.17 bits per heavy atom. The van der Waals surface area contributed by atoms with Crippen LogP contribution >= 0.6 is 0 Å². The molecular weight excluding hydrogens is 373 g/mol. The lowest BCUT2D eigenvalue weighted by molar-refractivity contribution is -0.130. The Kier molecular flexibility index (Phi) is 9.25. The summed E-state index contributed by atoms with van der Waals surface area (Å²) in [6.45, 7) is 13.0. The second-order valence-corrected chi connectivity index (χ2v) is 10.7. The van der Waals surface area contributed by atoms with Gasteiger partial charge < -0.3 is 5.73 Å². The zero-order valence-corrected chi connectivity index (χ0v) is 20.8. The standard InChI is InChI=1S/C23H38FNO.2C2H6/c1-22-14-12-18-16(9-11-19-20(24)6-4-13-23(18,19)2)17(22)10-8-15(22)5-3-7-21(25)26;2*1-2/h15-20H,3-14H2,1-2H3,(H2,25,26);2*1-2H3/t15?,16?,17?,18?,19?,20?,22-,23?;;/m1../s1. The van der Waals surface area contributed by atoms with Crippen LogP contribution in [0.1, 0.15) is 119 Å². The first kappa shape index (κ1) is 25.7. The van der Waals surface area contributed by atoms with Crippen LogP contribution in [0.5, 0.6) is 0 Å². The maximum atomic E-state index is 14.7. The van der Waals surface area contributed by atoms with Gasteiger partial charge in [-0.1, -0.05) is 41.5 Å². The minimum Gasteiger partial charge on any atom is -0.370 e. The Morgan fingerprint density at radius 2 is 1.50 bits per heavy atom. The summed E-state index contributed by atoms with van der Waals surface area (Å²) >= 11 is 0. The van der Waals surface area contributed by atoms with E-state index in [2.05, 4.69) is 13.8 Å². The quantitative estimate of drug-likeness (QED) is 0.495. The van der Waals surface area contributed by atoms with Crippen LogP contribution in [0.15, 0.2) is 0 Å². The molecule has 4 aliphatic carbocycles. The maximum absolute atomic E-state index is 14.7. The fourth-order valence-corrected chi connectivity index (χ4v) is 8.44. The van der Waals surface area contributed by atoms with Crippen molar-refractivity contribution in [2.24, 2.45) is 46.2 Å². The molecule has 3 heteroatoms. The Hall–Kier alpha value is -0.600. The van der Waals surface area contributed by atoms with Crippen LogP contribution in [0.3, 0.4) is 0 Å². The van der Waals surface area contributed by atoms with E-state index in [0.717, 1.165) is 49.4 Å².